The zero-order valence-electron chi connectivity index (χ0n) is 9.78. The van der Waals surface area contributed by atoms with Gasteiger partial charge in [0.05, 0.1) is 15.9 Å². The fourth-order valence-electron chi connectivity index (χ4n) is 2.06. The highest BCUT2D eigenvalue weighted by molar-refractivity contribution is 6.35. The van der Waals surface area contributed by atoms with Crippen molar-refractivity contribution in [3.05, 3.63) is 69.6 Å². The maximum Gasteiger partial charge on any atom is 0.191 e. The van der Waals surface area contributed by atoms with E-state index in [1.807, 2.05) is 30.3 Å². The summed E-state index contributed by atoms with van der Waals surface area (Å²) < 4.78 is 13.8. The van der Waals surface area contributed by atoms with Gasteiger partial charge in [-0.05, 0) is 17.7 Å². The average molecular weight is 274 g/mol. The maximum absolute atomic E-state index is 13.8. The van der Waals surface area contributed by atoms with E-state index in [1.165, 1.54) is 18.2 Å². The molecule has 4 heteroatoms. The molecule has 0 spiro atoms. The number of H-pyrrole nitrogens is 1. The van der Waals surface area contributed by atoms with Gasteiger partial charge in [-0.2, -0.15) is 0 Å². The summed E-state index contributed by atoms with van der Waals surface area (Å²) in [6, 6.07) is 13.3. The zero-order chi connectivity index (χ0) is 13.4. The van der Waals surface area contributed by atoms with E-state index in [-0.39, 0.29) is 21.4 Å². The van der Waals surface area contributed by atoms with E-state index >= 15 is 0 Å². The molecule has 1 aromatic heterocycles. The van der Waals surface area contributed by atoms with Crippen LogP contribution in [0, 0.1) is 5.82 Å². The molecule has 0 saturated heterocycles. The van der Waals surface area contributed by atoms with E-state index in [2.05, 4.69) is 4.98 Å². The van der Waals surface area contributed by atoms with Gasteiger partial charge >= 0.3 is 0 Å². The highest BCUT2D eigenvalue weighted by Gasteiger charge is 2.10. The Morgan fingerprint density at radius 2 is 1.79 bits per heavy atom. The smallest absolute Gasteiger partial charge is 0.191 e. The Kier molecular flexibility index (Phi) is 2.84. The minimum absolute atomic E-state index is 0.138. The molecule has 1 N–H and O–H groups in total. The Bertz CT molecular complexity index is 811. The molecule has 0 saturated carbocycles. The first-order chi connectivity index (χ1) is 9.16. The summed E-state index contributed by atoms with van der Waals surface area (Å²) in [6.45, 7) is 0. The lowest BCUT2D eigenvalue weighted by molar-refractivity contribution is 0.637. The van der Waals surface area contributed by atoms with Crippen LogP contribution < -0.4 is 5.43 Å². The molecule has 2 nitrogen and oxygen atoms in total. The van der Waals surface area contributed by atoms with Crippen LogP contribution in [0.2, 0.25) is 5.02 Å². The zero-order valence-corrected chi connectivity index (χ0v) is 10.5. The van der Waals surface area contributed by atoms with Crippen LogP contribution in [-0.2, 0) is 0 Å². The van der Waals surface area contributed by atoms with Crippen LogP contribution in [0.25, 0.3) is 22.2 Å². The lowest BCUT2D eigenvalue weighted by Gasteiger charge is -2.06. The molecule has 3 aromatic rings. The van der Waals surface area contributed by atoms with Gasteiger partial charge in [0.2, 0.25) is 0 Å². The van der Waals surface area contributed by atoms with Crippen LogP contribution in [0.3, 0.4) is 0 Å². The van der Waals surface area contributed by atoms with Crippen molar-refractivity contribution in [2.24, 2.45) is 0 Å². The van der Waals surface area contributed by atoms with Crippen LogP contribution in [0.1, 0.15) is 0 Å². The van der Waals surface area contributed by atoms with Crippen molar-refractivity contribution in [1.82, 2.24) is 4.98 Å². The number of rotatable bonds is 1. The van der Waals surface area contributed by atoms with Gasteiger partial charge in [0.1, 0.15) is 5.82 Å². The van der Waals surface area contributed by atoms with Crippen molar-refractivity contribution in [3.8, 4) is 11.3 Å². The highest BCUT2D eigenvalue weighted by atomic mass is 35.5. The minimum atomic E-state index is -0.491. The SMILES string of the molecule is O=c1cc(-c2ccccc2)[nH]c2c(F)ccc(Cl)c12. The second kappa shape index (κ2) is 4.52. The molecule has 0 aliphatic carbocycles. The van der Waals surface area contributed by atoms with Gasteiger partial charge in [0, 0.05) is 11.8 Å². The highest BCUT2D eigenvalue weighted by Crippen LogP contribution is 2.24. The van der Waals surface area contributed by atoms with Crippen molar-refractivity contribution in [1.29, 1.82) is 0 Å². The third kappa shape index (κ3) is 2.02. The van der Waals surface area contributed by atoms with E-state index in [0.29, 0.717) is 5.69 Å². The largest absolute Gasteiger partial charge is 0.352 e. The second-order valence-electron chi connectivity index (χ2n) is 4.19. The maximum atomic E-state index is 13.8. The molecule has 19 heavy (non-hydrogen) atoms. The molecule has 1 heterocycles. The summed E-state index contributed by atoms with van der Waals surface area (Å²) in [7, 11) is 0. The van der Waals surface area contributed by atoms with E-state index in [0.717, 1.165) is 5.56 Å². The van der Waals surface area contributed by atoms with Crippen LogP contribution >= 0.6 is 11.6 Å². The van der Waals surface area contributed by atoms with Crippen molar-refractivity contribution >= 4 is 22.5 Å². The molecule has 0 bridgehead atoms. The number of fused-ring (bicyclic) bond motifs is 1. The van der Waals surface area contributed by atoms with Gasteiger partial charge < -0.3 is 4.98 Å². The number of aromatic nitrogens is 1. The Morgan fingerprint density at radius 1 is 1.05 bits per heavy atom. The summed E-state index contributed by atoms with van der Waals surface area (Å²) >= 11 is 5.95. The first kappa shape index (κ1) is 11.9. The van der Waals surface area contributed by atoms with E-state index in [9.17, 15) is 9.18 Å². The van der Waals surface area contributed by atoms with E-state index in [4.69, 9.17) is 11.6 Å². The number of pyridine rings is 1. The first-order valence-corrected chi connectivity index (χ1v) is 6.11. The lowest BCUT2D eigenvalue weighted by Crippen LogP contribution is -2.05. The third-order valence-electron chi connectivity index (χ3n) is 2.97. The van der Waals surface area contributed by atoms with Gasteiger partial charge in [0.15, 0.2) is 5.43 Å². The molecule has 0 unspecified atom stereocenters. The second-order valence-corrected chi connectivity index (χ2v) is 4.60. The summed E-state index contributed by atoms with van der Waals surface area (Å²) in [4.78, 5) is 15.0. The van der Waals surface area contributed by atoms with Gasteiger partial charge in [-0.15, -0.1) is 0 Å². The predicted molar refractivity (Wildman–Crippen MR) is 75.0 cm³/mol. The third-order valence-corrected chi connectivity index (χ3v) is 3.28. The molecule has 0 atom stereocenters. The number of hydrogen-bond acceptors (Lipinski definition) is 1. The molecule has 0 radical (unpaired) electrons. The van der Waals surface area contributed by atoms with E-state index < -0.39 is 5.82 Å². The van der Waals surface area contributed by atoms with Crippen LogP contribution in [-0.4, -0.2) is 4.98 Å². The quantitative estimate of drug-likeness (QED) is 0.714. The molecular formula is C15H9ClFNO. The number of aromatic amines is 1. The number of benzene rings is 2. The predicted octanol–water partition coefficient (Wildman–Crippen LogP) is 3.99. The molecule has 2 aromatic carbocycles. The molecular weight excluding hydrogens is 265 g/mol. The van der Waals surface area contributed by atoms with Gasteiger partial charge in [-0.25, -0.2) is 4.39 Å². The fraction of sp³-hybridized carbons (Fsp3) is 0. The Hall–Kier alpha value is -2.13. The number of hydrogen-bond donors (Lipinski definition) is 1. The fourth-order valence-corrected chi connectivity index (χ4v) is 2.31. The van der Waals surface area contributed by atoms with E-state index in [1.54, 1.807) is 0 Å². The first-order valence-electron chi connectivity index (χ1n) is 5.73. The lowest BCUT2D eigenvalue weighted by atomic mass is 10.1. The normalized spacial score (nSPS) is 10.8. The molecule has 0 fully saturated rings. The van der Waals surface area contributed by atoms with Crippen molar-refractivity contribution in [2.75, 3.05) is 0 Å². The summed E-state index contributed by atoms with van der Waals surface area (Å²) in [5, 5.41) is 0.429. The van der Waals surface area contributed by atoms with Crippen LogP contribution in [0.4, 0.5) is 4.39 Å². The number of nitrogens with one attached hydrogen (secondary N) is 1. The average Bonchev–Trinajstić information content (AvgIpc) is 2.43. The Morgan fingerprint density at radius 3 is 2.53 bits per heavy atom. The summed E-state index contributed by atoms with van der Waals surface area (Å²) in [5.74, 6) is -0.491. The van der Waals surface area contributed by atoms with Gasteiger partial charge in [-0.1, -0.05) is 41.9 Å². The van der Waals surface area contributed by atoms with Gasteiger partial charge in [0.25, 0.3) is 0 Å². The topological polar surface area (TPSA) is 32.9 Å². The summed E-state index contributed by atoms with van der Waals surface area (Å²) in [5.41, 5.74) is 1.23. The standard InChI is InChI=1S/C15H9ClFNO/c16-10-6-7-11(17)15-14(10)13(19)8-12(18-15)9-4-2-1-3-5-9/h1-8H,(H,18,19). The number of halogens is 2. The van der Waals surface area contributed by atoms with Crippen molar-refractivity contribution < 1.29 is 4.39 Å². The Labute approximate surface area is 113 Å². The van der Waals surface area contributed by atoms with Gasteiger partial charge in [-0.3, -0.25) is 4.79 Å². The van der Waals surface area contributed by atoms with Crippen molar-refractivity contribution in [3.63, 3.8) is 0 Å². The monoisotopic (exact) mass is 273 g/mol. The molecule has 3 rings (SSSR count). The minimum Gasteiger partial charge on any atom is -0.352 e. The van der Waals surface area contributed by atoms with Crippen molar-refractivity contribution in [2.45, 2.75) is 0 Å². The molecule has 0 amide bonds. The molecule has 0 aliphatic heterocycles. The van der Waals surface area contributed by atoms with Crippen LogP contribution in [0.5, 0.6) is 0 Å². The molecule has 0 aliphatic rings. The summed E-state index contributed by atoms with van der Waals surface area (Å²) in [6.07, 6.45) is 0. The molecule has 94 valence electrons. The van der Waals surface area contributed by atoms with Crippen LogP contribution in [0.15, 0.2) is 53.3 Å². The Balaban J connectivity index is 2.38.